The van der Waals surface area contributed by atoms with Crippen molar-refractivity contribution in [3.05, 3.63) is 36.2 Å². The minimum Gasteiger partial charge on any atom is -0.476 e. The van der Waals surface area contributed by atoms with Crippen LogP contribution in [0.15, 0.2) is 24.9 Å². The van der Waals surface area contributed by atoms with Crippen LogP contribution in [0.4, 0.5) is 0 Å². The van der Waals surface area contributed by atoms with E-state index in [1.54, 1.807) is 4.90 Å². The number of aromatic nitrogens is 5. The SMILES string of the molecule is O=C(O)c1cn(C2CN(C(=O)c3cncnc3)C2)nn1. The highest BCUT2D eigenvalue weighted by Gasteiger charge is 2.33. The first-order valence-electron chi connectivity index (χ1n) is 5.84. The largest absolute Gasteiger partial charge is 0.476 e. The molecule has 0 unspecified atom stereocenters. The molecule has 1 fully saturated rings. The molecule has 3 rings (SSSR count). The summed E-state index contributed by atoms with van der Waals surface area (Å²) in [6, 6.07) is -0.0517. The quantitative estimate of drug-likeness (QED) is 0.799. The third kappa shape index (κ3) is 2.09. The molecule has 0 aromatic carbocycles. The summed E-state index contributed by atoms with van der Waals surface area (Å²) in [6.07, 6.45) is 5.64. The van der Waals surface area contributed by atoms with Crippen LogP contribution in [0.2, 0.25) is 0 Å². The van der Waals surface area contributed by atoms with Crippen LogP contribution in [0.1, 0.15) is 26.9 Å². The molecule has 0 radical (unpaired) electrons. The van der Waals surface area contributed by atoms with Gasteiger partial charge >= 0.3 is 5.97 Å². The fourth-order valence-electron chi connectivity index (χ4n) is 1.93. The third-order valence-corrected chi connectivity index (χ3v) is 3.06. The molecular weight excluding hydrogens is 264 g/mol. The second kappa shape index (κ2) is 4.68. The smallest absolute Gasteiger partial charge is 0.358 e. The Bertz CT molecular complexity index is 649. The van der Waals surface area contributed by atoms with Gasteiger partial charge in [0.05, 0.1) is 17.8 Å². The number of carbonyl (C=O) groups is 2. The topological polar surface area (TPSA) is 114 Å². The van der Waals surface area contributed by atoms with Gasteiger partial charge in [-0.15, -0.1) is 5.10 Å². The van der Waals surface area contributed by atoms with Crippen molar-refractivity contribution in [1.29, 1.82) is 0 Å². The molecule has 0 atom stereocenters. The molecule has 1 saturated heterocycles. The molecule has 1 N–H and O–H groups in total. The van der Waals surface area contributed by atoms with Crippen molar-refractivity contribution in [1.82, 2.24) is 29.9 Å². The molecule has 2 aromatic heterocycles. The van der Waals surface area contributed by atoms with Crippen molar-refractivity contribution >= 4 is 11.9 Å². The Labute approximate surface area is 112 Å². The molecule has 1 aliphatic rings. The van der Waals surface area contributed by atoms with E-state index >= 15 is 0 Å². The highest BCUT2D eigenvalue weighted by atomic mass is 16.4. The molecule has 9 heteroatoms. The van der Waals surface area contributed by atoms with E-state index < -0.39 is 5.97 Å². The first-order valence-corrected chi connectivity index (χ1v) is 5.84. The summed E-state index contributed by atoms with van der Waals surface area (Å²) in [5, 5.41) is 16.1. The molecule has 0 aliphatic carbocycles. The molecule has 102 valence electrons. The van der Waals surface area contributed by atoms with E-state index in [2.05, 4.69) is 20.3 Å². The lowest BCUT2D eigenvalue weighted by molar-refractivity contribution is 0.0496. The number of nitrogens with zero attached hydrogens (tertiary/aromatic N) is 6. The summed E-state index contributed by atoms with van der Waals surface area (Å²) in [7, 11) is 0. The van der Waals surface area contributed by atoms with Crippen LogP contribution in [0.5, 0.6) is 0 Å². The number of likely N-dealkylation sites (tertiary alicyclic amines) is 1. The predicted octanol–water partition coefficient (Wildman–Crippen LogP) is -0.537. The average molecular weight is 274 g/mol. The van der Waals surface area contributed by atoms with Crippen LogP contribution in [-0.4, -0.2) is 59.9 Å². The zero-order chi connectivity index (χ0) is 14.1. The van der Waals surface area contributed by atoms with Gasteiger partial charge in [-0.25, -0.2) is 19.4 Å². The Kier molecular flexibility index (Phi) is 2.86. The second-order valence-corrected chi connectivity index (χ2v) is 4.38. The molecule has 2 aromatic rings. The molecule has 1 aliphatic heterocycles. The fourth-order valence-corrected chi connectivity index (χ4v) is 1.93. The van der Waals surface area contributed by atoms with Gasteiger partial charge in [0.25, 0.3) is 5.91 Å². The molecule has 20 heavy (non-hydrogen) atoms. The van der Waals surface area contributed by atoms with Gasteiger partial charge in [0, 0.05) is 25.5 Å². The van der Waals surface area contributed by atoms with Crippen LogP contribution < -0.4 is 0 Å². The molecular formula is C11H10N6O3. The monoisotopic (exact) mass is 274 g/mol. The Morgan fingerprint density at radius 2 is 1.95 bits per heavy atom. The van der Waals surface area contributed by atoms with Crippen LogP contribution in [-0.2, 0) is 0 Å². The van der Waals surface area contributed by atoms with E-state index in [1.165, 1.54) is 29.6 Å². The van der Waals surface area contributed by atoms with Crippen molar-refractivity contribution in [3.63, 3.8) is 0 Å². The number of carbonyl (C=O) groups excluding carboxylic acids is 1. The Hall–Kier alpha value is -2.84. The molecule has 0 spiro atoms. The van der Waals surface area contributed by atoms with E-state index in [1.807, 2.05) is 0 Å². The van der Waals surface area contributed by atoms with E-state index in [4.69, 9.17) is 5.11 Å². The van der Waals surface area contributed by atoms with Gasteiger partial charge in [0.1, 0.15) is 6.33 Å². The highest BCUT2D eigenvalue weighted by Crippen LogP contribution is 2.22. The van der Waals surface area contributed by atoms with Crippen molar-refractivity contribution in [2.75, 3.05) is 13.1 Å². The van der Waals surface area contributed by atoms with Gasteiger partial charge in [-0.3, -0.25) is 4.79 Å². The van der Waals surface area contributed by atoms with Gasteiger partial charge in [-0.2, -0.15) is 0 Å². The van der Waals surface area contributed by atoms with E-state index in [9.17, 15) is 9.59 Å². The Balaban J connectivity index is 1.63. The summed E-state index contributed by atoms with van der Waals surface area (Å²) in [5.41, 5.74) is 0.321. The number of rotatable bonds is 3. The average Bonchev–Trinajstić information content (AvgIpc) is 2.87. The van der Waals surface area contributed by atoms with Crippen LogP contribution in [0.25, 0.3) is 0 Å². The summed E-state index contributed by atoms with van der Waals surface area (Å²) < 4.78 is 1.47. The van der Waals surface area contributed by atoms with Crippen molar-refractivity contribution in [2.45, 2.75) is 6.04 Å². The van der Waals surface area contributed by atoms with Gasteiger partial charge in [-0.1, -0.05) is 5.21 Å². The normalized spacial score (nSPS) is 14.9. The minimum atomic E-state index is -1.12. The van der Waals surface area contributed by atoms with E-state index in [0.29, 0.717) is 18.7 Å². The zero-order valence-corrected chi connectivity index (χ0v) is 10.2. The summed E-state index contributed by atoms with van der Waals surface area (Å²) in [4.78, 5) is 31.9. The molecule has 1 amide bonds. The van der Waals surface area contributed by atoms with Crippen molar-refractivity contribution < 1.29 is 14.7 Å². The number of hydrogen-bond donors (Lipinski definition) is 1. The second-order valence-electron chi connectivity index (χ2n) is 4.38. The first-order chi connectivity index (χ1) is 9.65. The lowest BCUT2D eigenvalue weighted by atomic mass is 10.1. The van der Waals surface area contributed by atoms with Gasteiger partial charge in [0.15, 0.2) is 5.69 Å². The maximum atomic E-state index is 12.0. The van der Waals surface area contributed by atoms with Crippen LogP contribution in [0.3, 0.4) is 0 Å². The third-order valence-electron chi connectivity index (χ3n) is 3.06. The van der Waals surface area contributed by atoms with Gasteiger partial charge in [-0.05, 0) is 0 Å². The Morgan fingerprint density at radius 3 is 2.55 bits per heavy atom. The van der Waals surface area contributed by atoms with Crippen LogP contribution >= 0.6 is 0 Å². The number of carboxylic acids is 1. The predicted molar refractivity (Wildman–Crippen MR) is 64.0 cm³/mol. The molecule has 0 saturated carbocycles. The van der Waals surface area contributed by atoms with E-state index in [0.717, 1.165) is 0 Å². The maximum absolute atomic E-state index is 12.0. The lowest BCUT2D eigenvalue weighted by Crippen LogP contribution is -2.50. The summed E-state index contributed by atoms with van der Waals surface area (Å²) >= 11 is 0. The van der Waals surface area contributed by atoms with E-state index in [-0.39, 0.29) is 17.6 Å². The maximum Gasteiger partial charge on any atom is 0.358 e. The lowest BCUT2D eigenvalue weighted by Gasteiger charge is -2.38. The number of carboxylic acid groups (broad SMARTS) is 1. The molecule has 9 nitrogen and oxygen atoms in total. The summed E-state index contributed by atoms with van der Waals surface area (Å²) in [6.45, 7) is 0.909. The van der Waals surface area contributed by atoms with Crippen molar-refractivity contribution in [2.24, 2.45) is 0 Å². The van der Waals surface area contributed by atoms with Crippen LogP contribution in [0, 0.1) is 0 Å². The highest BCUT2D eigenvalue weighted by molar-refractivity contribution is 5.94. The summed E-state index contributed by atoms with van der Waals surface area (Å²) in [5.74, 6) is -1.27. The first kappa shape index (κ1) is 12.2. The number of hydrogen-bond acceptors (Lipinski definition) is 6. The number of amides is 1. The van der Waals surface area contributed by atoms with Gasteiger partial charge < -0.3 is 10.0 Å². The zero-order valence-electron chi connectivity index (χ0n) is 10.2. The minimum absolute atomic E-state index is 0.0517. The number of aromatic carboxylic acids is 1. The molecule has 0 bridgehead atoms. The molecule has 3 heterocycles. The standard InChI is InChI=1S/C11H10N6O3/c18-10(7-1-12-6-13-2-7)16-3-8(4-16)17-5-9(11(19)20)14-15-17/h1-2,5-6,8H,3-4H2,(H,19,20). The van der Waals surface area contributed by atoms with Gasteiger partial charge in [0.2, 0.25) is 0 Å². The van der Waals surface area contributed by atoms with Crippen molar-refractivity contribution in [3.8, 4) is 0 Å². The Morgan fingerprint density at radius 1 is 1.25 bits per heavy atom. The fraction of sp³-hybridized carbons (Fsp3) is 0.273.